The molecule has 0 aliphatic rings. The summed E-state index contributed by atoms with van der Waals surface area (Å²) in [6, 6.07) is 22.8. The van der Waals surface area contributed by atoms with Gasteiger partial charge in [-0.15, -0.1) is 13.2 Å². The third-order valence-corrected chi connectivity index (χ3v) is 7.31. The van der Waals surface area contributed by atoms with Crippen molar-refractivity contribution in [2.45, 2.75) is 0 Å². The number of carbonyl (C=O) groups excluding carboxylic acids is 4. The molecule has 0 saturated carbocycles. The van der Waals surface area contributed by atoms with Gasteiger partial charge in [0.2, 0.25) is 0 Å². The Morgan fingerprint density at radius 2 is 0.556 bits per heavy atom. The molecule has 0 aliphatic heterocycles. The predicted octanol–water partition coefficient (Wildman–Crippen LogP) is -5.98. The second-order valence-electron chi connectivity index (χ2n) is 11.4. The predicted molar refractivity (Wildman–Crippen MR) is 201 cm³/mol. The van der Waals surface area contributed by atoms with Gasteiger partial charge in [0.05, 0.1) is 50.3 Å². The zero-order valence-electron chi connectivity index (χ0n) is 33.2. The van der Waals surface area contributed by atoms with Gasteiger partial charge in [-0.3, -0.25) is 0 Å². The smallest absolute Gasteiger partial charge is 0.854 e. The van der Waals surface area contributed by atoms with E-state index in [1.54, 1.807) is 9.80 Å². The molecule has 0 bridgehead atoms. The molecule has 23 heteroatoms. The summed E-state index contributed by atoms with van der Waals surface area (Å²) >= 11 is 0. The Labute approximate surface area is 395 Å². The zero-order chi connectivity index (χ0) is 43.3. The van der Waals surface area contributed by atoms with E-state index in [0.29, 0.717) is 62.3 Å². The van der Waals surface area contributed by atoms with Gasteiger partial charge < -0.3 is 100 Å². The van der Waals surface area contributed by atoms with Crippen molar-refractivity contribution in [3.8, 4) is 23.0 Å². The van der Waals surface area contributed by atoms with Crippen LogP contribution in [0.15, 0.2) is 97.1 Å². The Morgan fingerprint density at radius 1 is 0.381 bits per heavy atom. The molecule has 0 spiro atoms. The van der Waals surface area contributed by atoms with E-state index in [4.69, 9.17) is 29.9 Å². The molecule has 4 aromatic carbocycles. The molecule has 0 heterocycles. The van der Waals surface area contributed by atoms with E-state index in [1.165, 1.54) is 97.1 Å². The van der Waals surface area contributed by atoms with Crippen molar-refractivity contribution in [2.24, 2.45) is 0 Å². The molecular weight excluding hydrogens is 987 g/mol. The molecule has 0 aromatic heterocycles. The van der Waals surface area contributed by atoms with E-state index in [9.17, 15) is 49.8 Å². The fraction of sp³-hybridized carbons (Fsp3) is 0.300. The molecule has 4 aromatic rings. The largest absolute Gasteiger partial charge is 2.00 e. The summed E-state index contributed by atoms with van der Waals surface area (Å²) in [6.07, 6.45) is 0. The van der Waals surface area contributed by atoms with Crippen LogP contribution in [0.5, 0.6) is 23.0 Å². The van der Waals surface area contributed by atoms with Gasteiger partial charge in [-0.2, -0.15) is 0 Å². The number of aliphatic hydroxyl groups excluding tert-OH is 4. The maximum atomic E-state index is 10.6. The van der Waals surface area contributed by atoms with Crippen LogP contribution in [0.3, 0.4) is 0 Å². The first-order valence-corrected chi connectivity index (χ1v) is 17.5. The molecule has 20 nitrogen and oxygen atoms in total. The van der Waals surface area contributed by atoms with Crippen LogP contribution in [0, 0.1) is 0 Å². The molecule has 0 atom stereocenters. The summed E-state index contributed by atoms with van der Waals surface area (Å²) in [4.78, 5) is 45.7. The maximum Gasteiger partial charge on any atom is 2.00 e. The number of aromatic carboxylic acids is 4. The average Bonchev–Trinajstić information content (AvgIpc) is 3.20. The van der Waals surface area contributed by atoms with Crippen LogP contribution in [-0.2, 0) is 51.2 Å². The zero-order valence-corrected chi connectivity index (χ0v) is 36.0. The minimum Gasteiger partial charge on any atom is -0.854 e. The van der Waals surface area contributed by atoms with Crippen molar-refractivity contribution in [1.29, 1.82) is 0 Å². The third kappa shape index (κ3) is 29.5. The summed E-state index contributed by atoms with van der Waals surface area (Å²) in [5, 5.41) is 96.3. The van der Waals surface area contributed by atoms with Crippen LogP contribution in [0.2, 0.25) is 0 Å². The van der Waals surface area contributed by atoms with E-state index >= 15 is 0 Å². The van der Waals surface area contributed by atoms with Crippen molar-refractivity contribution in [3.05, 3.63) is 119 Å². The Hall–Kier alpha value is -4.48. The fourth-order valence-electron chi connectivity index (χ4n) is 4.40. The molecule has 4 rings (SSSR count). The van der Waals surface area contributed by atoms with Crippen LogP contribution < -0.4 is 40.1 Å². The summed E-state index contributed by atoms with van der Waals surface area (Å²) in [5.41, 5.74) is 0.221. The van der Waals surface area contributed by atoms with Gasteiger partial charge in [-0.25, -0.2) is 0 Å². The topological polar surface area (TPSA) is 376 Å². The number of carboxylic acid groups (broad SMARTS) is 4. The van der Waals surface area contributed by atoms with E-state index < -0.39 is 23.9 Å². The number of carbonyl (C=O) groups is 4. The summed E-state index contributed by atoms with van der Waals surface area (Å²) in [5.74, 6) is -3.29. The first-order chi connectivity index (χ1) is 27.8. The van der Waals surface area contributed by atoms with Gasteiger partial charge in [-0.05, 0) is 132 Å². The van der Waals surface area contributed by atoms with E-state index in [0.717, 1.165) is 0 Å². The molecule has 0 amide bonds. The van der Waals surface area contributed by atoms with Crippen LogP contribution in [0.1, 0.15) is 41.4 Å². The first kappa shape index (κ1) is 67.6. The third-order valence-electron chi connectivity index (χ3n) is 7.31. The van der Waals surface area contributed by atoms with Gasteiger partial charge >= 0.3 is 51.2 Å². The number of nitrogens with zero attached hydrogens (tertiary/aromatic N) is 2. The monoisotopic (exact) mass is 1030 g/mol. The minimum absolute atomic E-state index is 0. The van der Waals surface area contributed by atoms with Crippen molar-refractivity contribution in [2.75, 3.05) is 78.9 Å². The SMILES string of the molecule is O.O.O=C([O-])c1ccc(Oc2ccc(C(=O)[O-])cc2)cc1.O=C([O-])c1ccc(Oc2ccc(C(=O)[O-])cc2)cc1.[Cu+2].[Cu+2].[Cu+2].[O-]CCN(CCO)CCO.[O-]CCN(CCO)CCO. The average molecular weight is 1040 g/mol. The number of hydrogen-bond donors (Lipinski definition) is 4. The minimum atomic E-state index is -1.26. The van der Waals surface area contributed by atoms with Crippen LogP contribution in [0.25, 0.3) is 0 Å². The summed E-state index contributed by atoms with van der Waals surface area (Å²) in [7, 11) is 0. The molecule has 0 unspecified atom stereocenters. The molecule has 0 fully saturated rings. The van der Waals surface area contributed by atoms with E-state index in [-0.39, 0.29) is 124 Å². The number of ether oxygens (including phenoxy) is 2. The molecule has 3 radical (unpaired) electrons. The Bertz CT molecular complexity index is 1500. The van der Waals surface area contributed by atoms with E-state index in [1.807, 2.05) is 0 Å². The molecule has 0 saturated heterocycles. The van der Waals surface area contributed by atoms with Gasteiger partial charge in [-0.1, -0.05) is 0 Å². The Kier molecular flexibility index (Phi) is 43.2. The summed E-state index contributed by atoms with van der Waals surface area (Å²) in [6.45, 7) is 2.51. The number of hydrogen-bond acceptors (Lipinski definition) is 18. The second-order valence-corrected chi connectivity index (χ2v) is 11.4. The quantitative estimate of drug-likeness (QED) is 0.0599. The van der Waals surface area contributed by atoms with Crippen molar-refractivity contribution in [3.63, 3.8) is 0 Å². The normalized spacial score (nSPS) is 9.40. The van der Waals surface area contributed by atoms with Crippen LogP contribution in [-0.4, -0.2) is 144 Å². The number of benzene rings is 4. The van der Waals surface area contributed by atoms with Gasteiger partial charge in [0.25, 0.3) is 0 Å². The number of carboxylic acids is 4. The fourth-order valence-corrected chi connectivity index (χ4v) is 4.40. The van der Waals surface area contributed by atoms with Crippen molar-refractivity contribution < 1.29 is 142 Å². The van der Waals surface area contributed by atoms with Gasteiger partial charge in [0.15, 0.2) is 0 Å². The van der Waals surface area contributed by atoms with Gasteiger partial charge in [0.1, 0.15) is 23.0 Å². The molecule has 0 aliphatic carbocycles. The number of aliphatic hydroxyl groups is 4. The van der Waals surface area contributed by atoms with Crippen molar-refractivity contribution in [1.82, 2.24) is 9.80 Å². The van der Waals surface area contributed by atoms with Crippen molar-refractivity contribution >= 4 is 23.9 Å². The first-order valence-electron chi connectivity index (χ1n) is 17.5. The number of rotatable bonds is 20. The maximum absolute atomic E-state index is 10.6. The van der Waals surface area contributed by atoms with Crippen LogP contribution >= 0.6 is 0 Å². The van der Waals surface area contributed by atoms with Crippen LogP contribution in [0.4, 0.5) is 0 Å². The standard InChI is InChI=1S/2C14H10O5.2C6H14NO3.3Cu.2H2O/c2*15-13(16)9-1-5-11(6-2-9)19-12-7-3-10(4-8-12)14(17)18;2*8-4-1-7(2-5-9)3-6-10;;;;;/h2*1-8H,(H,15,16)(H,17,18);2*8-9H,1-6H2;;;;2*1H2/q;;2*-1;3*+2;;/p-4. The molecule has 8 N–H and O–H groups in total. The Morgan fingerprint density at radius 3 is 0.683 bits per heavy atom. The second kappa shape index (κ2) is 40.3. The van der Waals surface area contributed by atoms with E-state index in [2.05, 4.69) is 0 Å². The molecular formula is C40H48Cu3N2O18. The molecule has 63 heavy (non-hydrogen) atoms. The molecule has 359 valence electrons. The summed E-state index contributed by atoms with van der Waals surface area (Å²) < 4.78 is 10.8. The van der Waals surface area contributed by atoms with Gasteiger partial charge in [0, 0.05) is 26.2 Å². The Balaban J connectivity index is -0.000000241.